The van der Waals surface area contributed by atoms with Crippen LogP contribution in [-0.2, 0) is 0 Å². The Hall–Kier alpha value is -0.420. The monoisotopic (exact) mass is 111 g/mol. The van der Waals surface area contributed by atoms with Crippen molar-refractivity contribution < 1.29 is 0 Å². The molecule has 36 valence electrons. The van der Waals surface area contributed by atoms with Crippen LogP contribution < -0.4 is 0 Å². The first-order valence-electron chi connectivity index (χ1n) is 2.15. The van der Waals surface area contributed by atoms with Crippen LogP contribution in [0.1, 0.15) is 0 Å². The van der Waals surface area contributed by atoms with Crippen LogP contribution in [0.25, 0.3) is 0 Å². The zero-order valence-corrected chi connectivity index (χ0v) is 4.83. The molecule has 1 nitrogen and oxygen atoms in total. The summed E-state index contributed by atoms with van der Waals surface area (Å²) in [5.74, 6) is 0. The van der Waals surface area contributed by atoms with Crippen LogP contribution in [0, 0.1) is 0 Å². The predicted octanol–water partition coefficient (Wildman–Crippen LogP) is 1.81. The van der Waals surface area contributed by atoms with Crippen LogP contribution in [0.5, 0.6) is 0 Å². The summed E-state index contributed by atoms with van der Waals surface area (Å²) in [6.45, 7) is 0. The van der Waals surface area contributed by atoms with Crippen molar-refractivity contribution in [3.05, 3.63) is 24.3 Å². The minimum atomic E-state index is 0.275. The molecule has 0 fully saturated rings. The standard InChI is InChI=1S/C5H6NP/c7-6-5-3-1-2-4-5/h1-5,7H. The number of rotatable bonds is 1. The second-order valence-electron chi connectivity index (χ2n) is 1.39. The van der Waals surface area contributed by atoms with E-state index in [0.29, 0.717) is 0 Å². The molecule has 0 radical (unpaired) electrons. The number of hydrogen-bond acceptors (Lipinski definition) is 1. The molecule has 1 aliphatic rings. The van der Waals surface area contributed by atoms with Crippen LogP contribution >= 0.6 is 9.03 Å². The molecule has 0 spiro atoms. The Kier molecular flexibility index (Phi) is 1.38. The molecule has 1 rings (SSSR count). The zero-order valence-electron chi connectivity index (χ0n) is 3.83. The molecule has 1 aliphatic carbocycles. The molecule has 0 amide bonds. The van der Waals surface area contributed by atoms with Gasteiger partial charge in [0.25, 0.3) is 0 Å². The van der Waals surface area contributed by atoms with Crippen molar-refractivity contribution in [2.45, 2.75) is 6.04 Å². The molecule has 7 heavy (non-hydrogen) atoms. The maximum absolute atomic E-state index is 3.82. The van der Waals surface area contributed by atoms with Gasteiger partial charge in [-0.3, -0.25) is 4.74 Å². The smallest absolute Gasteiger partial charge is 0.0907 e. The van der Waals surface area contributed by atoms with Gasteiger partial charge in [0.15, 0.2) is 0 Å². The molecule has 0 saturated heterocycles. The molecule has 0 aromatic carbocycles. The summed E-state index contributed by atoms with van der Waals surface area (Å²) < 4.78 is 3.82. The van der Waals surface area contributed by atoms with E-state index in [2.05, 4.69) is 13.8 Å². The van der Waals surface area contributed by atoms with Crippen molar-refractivity contribution in [1.82, 2.24) is 0 Å². The van der Waals surface area contributed by atoms with Gasteiger partial charge in [-0.15, -0.1) is 0 Å². The van der Waals surface area contributed by atoms with Crippen LogP contribution in [0.4, 0.5) is 0 Å². The normalized spacial score (nSPS) is 18.3. The van der Waals surface area contributed by atoms with E-state index in [9.17, 15) is 0 Å². The Morgan fingerprint density at radius 1 is 1.29 bits per heavy atom. The number of allylic oxidation sites excluding steroid dienone is 2. The summed E-state index contributed by atoms with van der Waals surface area (Å²) in [5, 5.41) is 0. The van der Waals surface area contributed by atoms with Gasteiger partial charge in [0.05, 0.1) is 6.04 Å². The lowest BCUT2D eigenvalue weighted by Gasteiger charge is -1.87. The van der Waals surface area contributed by atoms with Gasteiger partial charge in [-0.25, -0.2) is 0 Å². The molecule has 0 N–H and O–H groups in total. The molecular formula is C5H6NP. The highest BCUT2D eigenvalue weighted by atomic mass is 31.0. The first kappa shape index (κ1) is 4.73. The second-order valence-corrected chi connectivity index (χ2v) is 1.65. The Balaban J connectivity index is 2.59. The largest absolute Gasteiger partial charge is 0.260 e. The SMILES string of the molecule is P=NC1C=CC=C1. The van der Waals surface area contributed by atoms with Crippen molar-refractivity contribution in [1.29, 1.82) is 0 Å². The van der Waals surface area contributed by atoms with E-state index < -0.39 is 0 Å². The summed E-state index contributed by atoms with van der Waals surface area (Å²) in [6.07, 6.45) is 7.97. The zero-order chi connectivity index (χ0) is 5.11. The average molecular weight is 111 g/mol. The minimum Gasteiger partial charge on any atom is -0.260 e. The third-order valence-electron chi connectivity index (χ3n) is 0.877. The van der Waals surface area contributed by atoms with E-state index in [4.69, 9.17) is 0 Å². The molecular weight excluding hydrogens is 105 g/mol. The van der Waals surface area contributed by atoms with E-state index in [1.54, 1.807) is 0 Å². The lowest BCUT2D eigenvalue weighted by molar-refractivity contribution is 1.07. The number of nitrogens with zero attached hydrogens (tertiary/aromatic N) is 1. The van der Waals surface area contributed by atoms with Gasteiger partial charge in [-0.05, 0) is 9.03 Å². The summed E-state index contributed by atoms with van der Waals surface area (Å²) in [4.78, 5) is 0. The summed E-state index contributed by atoms with van der Waals surface area (Å²) in [7, 11) is 3.04. The van der Waals surface area contributed by atoms with Crippen molar-refractivity contribution in [2.75, 3.05) is 0 Å². The molecule has 2 heteroatoms. The molecule has 0 unspecified atom stereocenters. The highest BCUT2D eigenvalue weighted by Gasteiger charge is 1.94. The van der Waals surface area contributed by atoms with Crippen LogP contribution in [0.15, 0.2) is 29.0 Å². The first-order valence-corrected chi connectivity index (χ1v) is 2.60. The first-order chi connectivity index (χ1) is 3.43. The van der Waals surface area contributed by atoms with E-state index in [-0.39, 0.29) is 6.04 Å². The van der Waals surface area contributed by atoms with E-state index in [0.717, 1.165) is 0 Å². The lowest BCUT2D eigenvalue weighted by atomic mass is 10.4. The fraction of sp³-hybridized carbons (Fsp3) is 0.200. The maximum atomic E-state index is 3.82. The molecule has 0 bridgehead atoms. The summed E-state index contributed by atoms with van der Waals surface area (Å²) in [6, 6.07) is 0.275. The molecule has 0 atom stereocenters. The third kappa shape index (κ3) is 0.971. The molecule has 0 aliphatic heterocycles. The summed E-state index contributed by atoms with van der Waals surface area (Å²) >= 11 is 0. The Morgan fingerprint density at radius 3 is 2.14 bits per heavy atom. The molecule has 0 aromatic heterocycles. The average Bonchev–Trinajstić information content (AvgIpc) is 2.14. The minimum absolute atomic E-state index is 0.275. The van der Waals surface area contributed by atoms with Crippen molar-refractivity contribution in [3.63, 3.8) is 0 Å². The van der Waals surface area contributed by atoms with Gasteiger partial charge in [-0.2, -0.15) is 0 Å². The Labute approximate surface area is 45.0 Å². The highest BCUT2D eigenvalue weighted by Crippen LogP contribution is 2.03. The van der Waals surface area contributed by atoms with Gasteiger partial charge in [0.2, 0.25) is 0 Å². The second kappa shape index (κ2) is 2.04. The molecule has 0 saturated carbocycles. The highest BCUT2D eigenvalue weighted by molar-refractivity contribution is 7.04. The maximum Gasteiger partial charge on any atom is 0.0907 e. The Morgan fingerprint density at radius 2 is 1.86 bits per heavy atom. The van der Waals surface area contributed by atoms with Crippen molar-refractivity contribution in [3.8, 4) is 0 Å². The fourth-order valence-electron chi connectivity index (χ4n) is 0.506. The van der Waals surface area contributed by atoms with Crippen LogP contribution in [-0.4, -0.2) is 6.04 Å². The Bertz CT molecular complexity index is 114. The fourth-order valence-corrected chi connectivity index (χ4v) is 0.678. The van der Waals surface area contributed by atoms with Crippen LogP contribution in [0.3, 0.4) is 0 Å². The van der Waals surface area contributed by atoms with Gasteiger partial charge in [-0.1, -0.05) is 24.3 Å². The number of hydrogen-bond donors (Lipinski definition) is 0. The summed E-state index contributed by atoms with van der Waals surface area (Å²) in [5.41, 5.74) is 0. The van der Waals surface area contributed by atoms with Gasteiger partial charge < -0.3 is 0 Å². The van der Waals surface area contributed by atoms with E-state index >= 15 is 0 Å². The third-order valence-corrected chi connectivity index (χ3v) is 1.17. The van der Waals surface area contributed by atoms with Gasteiger partial charge >= 0.3 is 0 Å². The quantitative estimate of drug-likeness (QED) is 0.457. The van der Waals surface area contributed by atoms with E-state index in [1.165, 1.54) is 0 Å². The van der Waals surface area contributed by atoms with Crippen molar-refractivity contribution in [2.24, 2.45) is 4.74 Å². The van der Waals surface area contributed by atoms with Crippen LogP contribution in [0.2, 0.25) is 0 Å². The molecule has 0 heterocycles. The molecule has 0 aromatic rings. The van der Waals surface area contributed by atoms with Gasteiger partial charge in [0, 0.05) is 0 Å². The topological polar surface area (TPSA) is 12.4 Å². The van der Waals surface area contributed by atoms with Gasteiger partial charge in [0.1, 0.15) is 0 Å². The predicted molar refractivity (Wildman–Crippen MR) is 32.8 cm³/mol. The van der Waals surface area contributed by atoms with E-state index in [1.807, 2.05) is 24.3 Å². The lowest BCUT2D eigenvalue weighted by Crippen LogP contribution is -1.84. The van der Waals surface area contributed by atoms with Crippen molar-refractivity contribution >= 4 is 9.03 Å².